The van der Waals surface area contributed by atoms with E-state index in [1.807, 2.05) is 11.4 Å². The number of hydrogen-bond acceptors (Lipinski definition) is 3. The van der Waals surface area contributed by atoms with Crippen molar-refractivity contribution in [3.63, 3.8) is 0 Å². The third-order valence-corrected chi connectivity index (χ3v) is 3.35. The van der Waals surface area contributed by atoms with Gasteiger partial charge in [-0.25, -0.2) is 9.98 Å². The standard InChI is InChI=1S/C10H8ClN3S2/c1-5(12)13-10(15)6-4-16-7-2-3-8(11)14-9(6)7/h2-4H,1H3,(H2,12,13,15). The summed E-state index contributed by atoms with van der Waals surface area (Å²) in [6.07, 6.45) is 0. The van der Waals surface area contributed by atoms with Crippen molar-refractivity contribution in [2.45, 2.75) is 6.92 Å². The highest BCUT2D eigenvalue weighted by atomic mass is 35.5. The smallest absolute Gasteiger partial charge is 0.138 e. The van der Waals surface area contributed by atoms with Crippen molar-refractivity contribution in [3.05, 3.63) is 28.2 Å². The monoisotopic (exact) mass is 269 g/mol. The second kappa shape index (κ2) is 4.45. The van der Waals surface area contributed by atoms with Crippen LogP contribution in [0.3, 0.4) is 0 Å². The topological polar surface area (TPSA) is 51.3 Å². The lowest BCUT2D eigenvalue weighted by Crippen LogP contribution is -2.08. The molecular formula is C10H8ClN3S2. The molecular weight excluding hydrogens is 262 g/mol. The highest BCUT2D eigenvalue weighted by molar-refractivity contribution is 7.80. The molecule has 3 nitrogen and oxygen atoms in total. The molecule has 6 heteroatoms. The van der Waals surface area contributed by atoms with E-state index in [4.69, 9.17) is 29.6 Å². The first-order valence-electron chi connectivity index (χ1n) is 4.47. The molecule has 0 unspecified atom stereocenters. The Balaban J connectivity index is 2.57. The molecule has 0 aromatic carbocycles. The van der Waals surface area contributed by atoms with Crippen molar-refractivity contribution in [1.29, 1.82) is 0 Å². The molecule has 2 aromatic heterocycles. The molecule has 0 radical (unpaired) electrons. The van der Waals surface area contributed by atoms with E-state index >= 15 is 0 Å². The molecule has 0 bridgehead atoms. The van der Waals surface area contributed by atoms with E-state index in [1.54, 1.807) is 24.3 Å². The van der Waals surface area contributed by atoms with Gasteiger partial charge in [-0.15, -0.1) is 11.3 Å². The van der Waals surface area contributed by atoms with Crippen LogP contribution < -0.4 is 5.73 Å². The summed E-state index contributed by atoms with van der Waals surface area (Å²) in [7, 11) is 0. The molecule has 82 valence electrons. The largest absolute Gasteiger partial charge is 0.387 e. The van der Waals surface area contributed by atoms with Gasteiger partial charge in [0, 0.05) is 10.9 Å². The molecule has 0 fully saturated rings. The van der Waals surface area contributed by atoms with E-state index < -0.39 is 0 Å². The number of rotatable bonds is 1. The van der Waals surface area contributed by atoms with Crippen LogP contribution in [0.25, 0.3) is 10.2 Å². The first-order chi connectivity index (χ1) is 7.58. The minimum absolute atomic E-state index is 0.436. The Morgan fingerprint density at radius 3 is 3.00 bits per heavy atom. The number of fused-ring (bicyclic) bond motifs is 1. The van der Waals surface area contributed by atoms with Crippen LogP contribution in [0.1, 0.15) is 12.5 Å². The van der Waals surface area contributed by atoms with Gasteiger partial charge in [-0.2, -0.15) is 0 Å². The fourth-order valence-corrected chi connectivity index (χ4v) is 2.66. The summed E-state index contributed by atoms with van der Waals surface area (Å²) in [6, 6.07) is 3.67. The van der Waals surface area contributed by atoms with Crippen LogP contribution in [0.5, 0.6) is 0 Å². The second-order valence-corrected chi connectivity index (χ2v) is 4.87. The van der Waals surface area contributed by atoms with E-state index in [2.05, 4.69) is 9.98 Å². The van der Waals surface area contributed by atoms with Gasteiger partial charge < -0.3 is 5.73 Å². The van der Waals surface area contributed by atoms with Gasteiger partial charge in [-0.3, -0.25) is 0 Å². The Kier molecular flexibility index (Phi) is 3.18. The zero-order valence-electron chi connectivity index (χ0n) is 8.40. The highest BCUT2D eigenvalue weighted by Gasteiger charge is 2.10. The minimum atomic E-state index is 0.436. The summed E-state index contributed by atoms with van der Waals surface area (Å²) in [4.78, 5) is 8.74. The first kappa shape index (κ1) is 11.4. The van der Waals surface area contributed by atoms with Crippen LogP contribution in [-0.4, -0.2) is 15.8 Å². The highest BCUT2D eigenvalue weighted by Crippen LogP contribution is 2.26. The van der Waals surface area contributed by atoms with E-state index in [-0.39, 0.29) is 0 Å². The van der Waals surface area contributed by atoms with Gasteiger partial charge in [-0.05, 0) is 19.1 Å². The molecule has 2 N–H and O–H groups in total. The average molecular weight is 270 g/mol. The van der Waals surface area contributed by atoms with Crippen molar-refractivity contribution in [2.24, 2.45) is 10.7 Å². The number of thiocarbonyl (C=S) groups is 1. The van der Waals surface area contributed by atoms with Crippen LogP contribution in [0, 0.1) is 0 Å². The summed E-state index contributed by atoms with van der Waals surface area (Å²) in [5.74, 6) is 0.436. The number of halogens is 1. The maximum atomic E-state index is 5.85. The van der Waals surface area contributed by atoms with E-state index in [1.165, 1.54) is 0 Å². The lowest BCUT2D eigenvalue weighted by atomic mass is 10.2. The van der Waals surface area contributed by atoms with Crippen molar-refractivity contribution in [1.82, 2.24) is 4.98 Å². The summed E-state index contributed by atoms with van der Waals surface area (Å²) >= 11 is 12.6. The van der Waals surface area contributed by atoms with E-state index in [0.717, 1.165) is 15.8 Å². The predicted octanol–water partition coefficient (Wildman–Crippen LogP) is 3.00. The van der Waals surface area contributed by atoms with Gasteiger partial charge in [0.05, 0.1) is 16.1 Å². The molecule has 0 saturated heterocycles. The molecule has 0 atom stereocenters. The zero-order chi connectivity index (χ0) is 11.7. The molecule has 2 rings (SSSR count). The number of nitrogens with zero attached hydrogens (tertiary/aromatic N) is 2. The number of thiophene rings is 1. The normalized spacial score (nSPS) is 12.0. The minimum Gasteiger partial charge on any atom is -0.387 e. The molecule has 2 heterocycles. The third kappa shape index (κ3) is 2.21. The van der Waals surface area contributed by atoms with Crippen LogP contribution in [0.4, 0.5) is 0 Å². The zero-order valence-corrected chi connectivity index (χ0v) is 10.8. The van der Waals surface area contributed by atoms with Gasteiger partial charge in [0.1, 0.15) is 10.1 Å². The Hall–Kier alpha value is -1.04. The third-order valence-electron chi connectivity index (χ3n) is 1.89. The summed E-state index contributed by atoms with van der Waals surface area (Å²) in [6.45, 7) is 1.70. The van der Waals surface area contributed by atoms with E-state index in [9.17, 15) is 0 Å². The Morgan fingerprint density at radius 2 is 2.31 bits per heavy atom. The molecule has 0 spiro atoms. The summed E-state index contributed by atoms with van der Waals surface area (Å²) < 4.78 is 1.03. The fraction of sp³-hybridized carbons (Fsp3) is 0.100. The number of nitrogens with two attached hydrogens (primary N) is 1. The molecule has 0 aliphatic rings. The molecule has 0 saturated carbocycles. The summed E-state index contributed by atoms with van der Waals surface area (Å²) in [5.41, 5.74) is 7.09. The van der Waals surface area contributed by atoms with Gasteiger partial charge in [0.2, 0.25) is 0 Å². The molecule has 16 heavy (non-hydrogen) atoms. The Labute approximate surface area is 107 Å². The number of aliphatic imine (C=N–C) groups is 1. The van der Waals surface area contributed by atoms with E-state index in [0.29, 0.717) is 16.0 Å². The SMILES string of the molecule is CC(N)=NC(=S)c1csc2ccc(Cl)nc12. The van der Waals surface area contributed by atoms with Gasteiger partial charge in [0.25, 0.3) is 0 Å². The van der Waals surface area contributed by atoms with Crippen molar-refractivity contribution in [3.8, 4) is 0 Å². The van der Waals surface area contributed by atoms with Gasteiger partial charge in [-0.1, -0.05) is 23.8 Å². The van der Waals surface area contributed by atoms with Crippen LogP contribution in [0.15, 0.2) is 22.5 Å². The maximum absolute atomic E-state index is 5.85. The Bertz CT molecular complexity index is 585. The molecule has 2 aromatic rings. The number of hydrogen-bond donors (Lipinski definition) is 1. The quantitative estimate of drug-likeness (QED) is 0.375. The first-order valence-corrected chi connectivity index (χ1v) is 6.13. The maximum Gasteiger partial charge on any atom is 0.138 e. The van der Waals surface area contributed by atoms with Crippen LogP contribution in [-0.2, 0) is 0 Å². The number of amidine groups is 1. The lowest BCUT2D eigenvalue weighted by Gasteiger charge is -1.97. The van der Waals surface area contributed by atoms with Crippen LogP contribution in [0.2, 0.25) is 5.15 Å². The van der Waals surface area contributed by atoms with Gasteiger partial charge >= 0.3 is 0 Å². The van der Waals surface area contributed by atoms with Crippen molar-refractivity contribution in [2.75, 3.05) is 0 Å². The Morgan fingerprint density at radius 1 is 1.56 bits per heavy atom. The van der Waals surface area contributed by atoms with Crippen LogP contribution >= 0.6 is 35.2 Å². The molecule has 0 aliphatic carbocycles. The lowest BCUT2D eigenvalue weighted by molar-refractivity contribution is 1.42. The number of aromatic nitrogens is 1. The molecule has 0 amide bonds. The molecule has 0 aliphatic heterocycles. The summed E-state index contributed by atoms with van der Waals surface area (Å²) in [5, 5.41) is 2.37. The van der Waals surface area contributed by atoms with Crippen molar-refractivity contribution >= 4 is 56.2 Å². The average Bonchev–Trinajstić information content (AvgIpc) is 2.59. The van der Waals surface area contributed by atoms with Gasteiger partial charge in [0.15, 0.2) is 0 Å². The second-order valence-electron chi connectivity index (χ2n) is 3.19. The van der Waals surface area contributed by atoms with Crippen molar-refractivity contribution < 1.29 is 0 Å². The number of pyridine rings is 1. The fourth-order valence-electron chi connectivity index (χ4n) is 1.26. The predicted molar refractivity (Wildman–Crippen MR) is 73.6 cm³/mol.